The van der Waals surface area contributed by atoms with E-state index in [9.17, 15) is 13.2 Å². The lowest BCUT2D eigenvalue weighted by atomic mass is 10.2. The number of sulfonamides is 1. The van der Waals surface area contributed by atoms with Gasteiger partial charge in [-0.05, 0) is 36.2 Å². The molecule has 0 bridgehead atoms. The van der Waals surface area contributed by atoms with Crippen molar-refractivity contribution < 1.29 is 13.2 Å². The molecule has 2 aromatic carbocycles. The molecule has 0 saturated carbocycles. The average Bonchev–Trinajstić information content (AvgIpc) is 2.53. The second-order valence-electron chi connectivity index (χ2n) is 5.35. The van der Waals surface area contributed by atoms with Crippen molar-refractivity contribution in [2.75, 3.05) is 16.3 Å². The van der Waals surface area contributed by atoms with Crippen molar-refractivity contribution in [3.63, 3.8) is 0 Å². The van der Waals surface area contributed by atoms with Gasteiger partial charge in [-0.15, -0.1) is 0 Å². The minimum atomic E-state index is -3.30. The smallest absolute Gasteiger partial charge is 0.229 e. The van der Waals surface area contributed by atoms with E-state index in [1.807, 2.05) is 42.5 Å². The summed E-state index contributed by atoms with van der Waals surface area (Å²) in [5.41, 5.74) is 2.19. The van der Waals surface area contributed by atoms with Crippen LogP contribution < -0.4 is 10.0 Å². The Morgan fingerprint density at radius 1 is 1.00 bits per heavy atom. The topological polar surface area (TPSA) is 75.3 Å². The maximum Gasteiger partial charge on any atom is 0.229 e. The van der Waals surface area contributed by atoms with Gasteiger partial charge in [0.1, 0.15) is 0 Å². The van der Waals surface area contributed by atoms with Gasteiger partial charge in [-0.25, -0.2) is 8.42 Å². The Bertz CT molecular complexity index is 798. The molecule has 2 rings (SSSR count). The number of carbonyl (C=O) groups is 1. The molecule has 0 fully saturated rings. The molecule has 6 heteroatoms. The van der Waals surface area contributed by atoms with Crippen molar-refractivity contribution >= 4 is 33.4 Å². The monoisotopic (exact) mass is 344 g/mol. The number of hydrogen-bond donors (Lipinski definition) is 2. The van der Waals surface area contributed by atoms with Crippen LogP contribution in [0.4, 0.5) is 11.4 Å². The Balaban J connectivity index is 1.79. The van der Waals surface area contributed by atoms with Gasteiger partial charge in [-0.3, -0.25) is 9.52 Å². The van der Waals surface area contributed by atoms with E-state index in [1.165, 1.54) is 0 Å². The Morgan fingerprint density at radius 3 is 2.25 bits per heavy atom. The van der Waals surface area contributed by atoms with Crippen molar-refractivity contribution in [3.05, 3.63) is 66.2 Å². The molecule has 0 heterocycles. The Morgan fingerprint density at radius 2 is 1.62 bits per heavy atom. The number of allylic oxidation sites excluding steroid dienone is 1. The number of benzene rings is 2. The lowest BCUT2D eigenvalue weighted by Gasteiger charge is -2.07. The van der Waals surface area contributed by atoms with Gasteiger partial charge in [0.15, 0.2) is 0 Å². The van der Waals surface area contributed by atoms with Crippen LogP contribution in [0.15, 0.2) is 60.7 Å². The third-order valence-electron chi connectivity index (χ3n) is 3.12. The Hall–Kier alpha value is -2.60. The van der Waals surface area contributed by atoms with Crippen LogP contribution >= 0.6 is 0 Å². The van der Waals surface area contributed by atoms with Crippen LogP contribution in [0.5, 0.6) is 0 Å². The van der Waals surface area contributed by atoms with Gasteiger partial charge in [0.05, 0.1) is 6.26 Å². The number of nitrogens with one attached hydrogen (secondary N) is 2. The van der Waals surface area contributed by atoms with Gasteiger partial charge in [0, 0.05) is 17.8 Å². The molecule has 0 radical (unpaired) electrons. The minimum Gasteiger partial charge on any atom is -0.326 e. The molecule has 0 aliphatic carbocycles. The number of hydrogen-bond acceptors (Lipinski definition) is 3. The summed E-state index contributed by atoms with van der Waals surface area (Å²) in [5.74, 6) is -0.0865. The van der Waals surface area contributed by atoms with Gasteiger partial charge in [-0.1, -0.05) is 42.5 Å². The lowest BCUT2D eigenvalue weighted by Crippen LogP contribution is -2.11. The van der Waals surface area contributed by atoms with Crippen LogP contribution in [0, 0.1) is 0 Å². The highest BCUT2D eigenvalue weighted by molar-refractivity contribution is 7.92. The first-order chi connectivity index (χ1) is 11.4. The number of amides is 1. The van der Waals surface area contributed by atoms with E-state index in [4.69, 9.17) is 0 Å². The molecular weight excluding hydrogens is 324 g/mol. The SMILES string of the molecule is CS(=O)(=O)Nc1ccc(NC(=O)CC/C=C\c2ccccc2)cc1. The molecule has 2 aromatic rings. The van der Waals surface area contributed by atoms with Gasteiger partial charge >= 0.3 is 0 Å². The fourth-order valence-corrected chi connectivity index (χ4v) is 2.62. The summed E-state index contributed by atoms with van der Waals surface area (Å²) < 4.78 is 24.6. The van der Waals surface area contributed by atoms with E-state index in [0.717, 1.165) is 11.8 Å². The molecule has 0 unspecified atom stereocenters. The highest BCUT2D eigenvalue weighted by Gasteiger charge is 2.03. The van der Waals surface area contributed by atoms with E-state index < -0.39 is 10.0 Å². The van der Waals surface area contributed by atoms with Crippen molar-refractivity contribution in [2.24, 2.45) is 0 Å². The molecule has 0 aliphatic rings. The van der Waals surface area contributed by atoms with Crippen molar-refractivity contribution in [3.8, 4) is 0 Å². The van der Waals surface area contributed by atoms with Gasteiger partial charge in [0.2, 0.25) is 15.9 Å². The summed E-state index contributed by atoms with van der Waals surface area (Å²) in [6.45, 7) is 0. The van der Waals surface area contributed by atoms with Crippen LogP contribution in [-0.2, 0) is 14.8 Å². The fourth-order valence-electron chi connectivity index (χ4n) is 2.06. The molecule has 0 aliphatic heterocycles. The van der Waals surface area contributed by atoms with Crippen molar-refractivity contribution in [2.45, 2.75) is 12.8 Å². The highest BCUT2D eigenvalue weighted by atomic mass is 32.2. The van der Waals surface area contributed by atoms with Crippen LogP contribution in [0.2, 0.25) is 0 Å². The van der Waals surface area contributed by atoms with Gasteiger partial charge in [0.25, 0.3) is 0 Å². The maximum atomic E-state index is 11.9. The summed E-state index contributed by atoms with van der Waals surface area (Å²) in [6, 6.07) is 16.4. The number of anilines is 2. The molecule has 0 aromatic heterocycles. The van der Waals surface area contributed by atoms with Gasteiger partial charge < -0.3 is 5.32 Å². The predicted octanol–water partition coefficient (Wildman–Crippen LogP) is 3.49. The zero-order valence-electron chi connectivity index (χ0n) is 13.4. The Kier molecular flexibility index (Phi) is 6.14. The first kappa shape index (κ1) is 17.7. The lowest BCUT2D eigenvalue weighted by molar-refractivity contribution is -0.116. The highest BCUT2D eigenvalue weighted by Crippen LogP contribution is 2.15. The predicted molar refractivity (Wildman–Crippen MR) is 98.2 cm³/mol. The third-order valence-corrected chi connectivity index (χ3v) is 3.73. The van der Waals surface area contributed by atoms with E-state index in [-0.39, 0.29) is 5.91 Å². The summed E-state index contributed by atoms with van der Waals surface area (Å²) in [4.78, 5) is 11.9. The molecular formula is C18H20N2O3S. The summed E-state index contributed by atoms with van der Waals surface area (Å²) >= 11 is 0. The molecule has 126 valence electrons. The third kappa shape index (κ3) is 6.66. The second kappa shape index (κ2) is 8.31. The normalized spacial score (nSPS) is 11.4. The number of carbonyl (C=O) groups excluding carboxylic acids is 1. The van der Waals surface area contributed by atoms with E-state index in [2.05, 4.69) is 10.0 Å². The molecule has 0 spiro atoms. The first-order valence-corrected chi connectivity index (χ1v) is 9.41. The fraction of sp³-hybridized carbons (Fsp3) is 0.167. The molecule has 2 N–H and O–H groups in total. The van der Waals surface area contributed by atoms with E-state index in [1.54, 1.807) is 24.3 Å². The van der Waals surface area contributed by atoms with Crippen molar-refractivity contribution in [1.29, 1.82) is 0 Å². The van der Waals surface area contributed by atoms with Gasteiger partial charge in [-0.2, -0.15) is 0 Å². The summed E-state index contributed by atoms with van der Waals surface area (Å²) in [7, 11) is -3.30. The quantitative estimate of drug-likeness (QED) is 0.807. The largest absolute Gasteiger partial charge is 0.326 e. The summed E-state index contributed by atoms with van der Waals surface area (Å²) in [5, 5.41) is 2.78. The van der Waals surface area contributed by atoms with Crippen LogP contribution in [0.25, 0.3) is 6.08 Å². The van der Waals surface area contributed by atoms with E-state index in [0.29, 0.717) is 24.2 Å². The van der Waals surface area contributed by atoms with Crippen LogP contribution in [0.3, 0.4) is 0 Å². The minimum absolute atomic E-state index is 0.0865. The molecule has 5 nitrogen and oxygen atoms in total. The maximum absolute atomic E-state index is 11.9. The summed E-state index contributed by atoms with van der Waals surface area (Å²) in [6.07, 6.45) is 6.07. The zero-order valence-corrected chi connectivity index (χ0v) is 14.2. The standard InChI is InChI=1S/C18H20N2O3S/c1-24(22,23)20-17-13-11-16(12-14-17)19-18(21)10-6-5-9-15-7-3-2-4-8-15/h2-5,7-9,11-14,20H,6,10H2,1H3,(H,19,21)/b9-5-. The van der Waals surface area contributed by atoms with Crippen LogP contribution in [0.1, 0.15) is 18.4 Å². The van der Waals surface area contributed by atoms with Crippen LogP contribution in [-0.4, -0.2) is 20.6 Å². The zero-order chi connectivity index (χ0) is 17.4. The molecule has 0 saturated heterocycles. The average molecular weight is 344 g/mol. The first-order valence-electron chi connectivity index (χ1n) is 7.52. The van der Waals surface area contributed by atoms with E-state index >= 15 is 0 Å². The molecule has 24 heavy (non-hydrogen) atoms. The molecule has 1 amide bonds. The Labute approximate surface area is 142 Å². The van der Waals surface area contributed by atoms with Crippen molar-refractivity contribution in [1.82, 2.24) is 0 Å². The number of rotatable bonds is 7. The second-order valence-corrected chi connectivity index (χ2v) is 7.10. The molecule has 0 atom stereocenters.